The van der Waals surface area contributed by atoms with Gasteiger partial charge in [0.15, 0.2) is 0 Å². The van der Waals surface area contributed by atoms with Gasteiger partial charge in [-0.15, -0.1) is 0 Å². The van der Waals surface area contributed by atoms with Gasteiger partial charge in [0.1, 0.15) is 22.3 Å². The predicted octanol–water partition coefficient (Wildman–Crippen LogP) is 27.9. The Balaban J connectivity index is -0.000000466. The number of fused-ring (bicyclic) bond motifs is 6. The van der Waals surface area contributed by atoms with Crippen molar-refractivity contribution in [1.29, 1.82) is 0 Å². The zero-order chi connectivity index (χ0) is 69.8. The van der Waals surface area contributed by atoms with E-state index in [1.165, 1.54) is 56.9 Å². The van der Waals surface area contributed by atoms with Crippen LogP contribution in [0.2, 0.25) is 52.4 Å². The monoisotopic (exact) mass is 1260 g/mol. The standard InChI is InChI=1S/2C12H8O.2C12H10.2C8H19N.2C4H12Si.6C2H6/c2*1-3-7-11-9(5-1)10-6-2-4-8-12(10)13-11;2*1-3-7-11(8-4-1)12-9-5-2-6-10-12;2*1-6-9(5)7-8(2,3)4;2*1-5(2,3)4;6*1-2/h2*1-8H;2*1-10H;2*6-7H2,1-5H3;2*1-4H3;6*1-2H3. The summed E-state index contributed by atoms with van der Waals surface area (Å²) in [5.41, 5.74) is 9.85. The normalized spacial score (nSPS) is 10.0. The fraction of sp³-hybridized carbons (Fsp3) is 0.429. The highest BCUT2D eigenvalue weighted by atomic mass is 28.3. The first-order chi connectivity index (χ1) is 42.7. The minimum atomic E-state index is -0.611. The van der Waals surface area contributed by atoms with Crippen LogP contribution < -0.4 is 0 Å². The van der Waals surface area contributed by atoms with Crippen LogP contribution >= 0.6 is 0 Å². The summed E-state index contributed by atoms with van der Waals surface area (Å²) < 4.78 is 11.3. The third-order valence-electron chi connectivity index (χ3n) is 10.9. The summed E-state index contributed by atoms with van der Waals surface area (Å²) in [5, 5.41) is 4.77. The number of rotatable bonds is 6. The molecule has 0 radical (unpaired) electrons. The molecule has 0 atom stereocenters. The van der Waals surface area contributed by atoms with Crippen molar-refractivity contribution < 1.29 is 8.83 Å². The van der Waals surface area contributed by atoms with Crippen molar-refractivity contribution in [3.05, 3.63) is 218 Å². The summed E-state index contributed by atoms with van der Waals surface area (Å²) in [4.78, 5) is 4.67. The van der Waals surface area contributed by atoms with Crippen molar-refractivity contribution in [2.24, 2.45) is 10.8 Å². The van der Waals surface area contributed by atoms with E-state index >= 15 is 0 Å². The maximum absolute atomic E-state index is 5.65. The van der Waals surface area contributed by atoms with Gasteiger partial charge in [0.25, 0.3) is 0 Å². The lowest BCUT2D eigenvalue weighted by Gasteiger charge is -2.25. The Morgan fingerprint density at radius 1 is 0.267 bits per heavy atom. The summed E-state index contributed by atoms with van der Waals surface area (Å²) in [7, 11) is 3.09. The van der Waals surface area contributed by atoms with Gasteiger partial charge in [-0.25, -0.2) is 0 Å². The largest absolute Gasteiger partial charge is 0.456 e. The molecule has 8 aromatic carbocycles. The molecule has 0 N–H and O–H groups in total. The van der Waals surface area contributed by atoms with Crippen molar-refractivity contribution in [2.75, 3.05) is 40.3 Å². The first kappa shape index (κ1) is 90.1. The summed E-state index contributed by atoms with van der Waals surface area (Å²) in [6.07, 6.45) is 0. The minimum Gasteiger partial charge on any atom is -0.456 e. The number of hydrogen-bond acceptors (Lipinski definition) is 4. The van der Waals surface area contributed by atoms with Crippen LogP contribution in [0.15, 0.2) is 227 Å². The fourth-order valence-electron chi connectivity index (χ4n) is 7.72. The highest BCUT2D eigenvalue weighted by Gasteiger charge is 2.12. The van der Waals surface area contributed by atoms with E-state index in [0.717, 1.165) is 35.4 Å². The van der Waals surface area contributed by atoms with Crippen molar-refractivity contribution >= 4 is 60.0 Å². The molecular weight excluding hydrogens is 1130 g/mol. The van der Waals surface area contributed by atoms with Crippen LogP contribution in [0.4, 0.5) is 0 Å². The lowest BCUT2D eigenvalue weighted by Crippen LogP contribution is -2.28. The van der Waals surface area contributed by atoms with Crippen molar-refractivity contribution in [3.8, 4) is 22.3 Å². The SMILES string of the molecule is CC.CC.CC.CC.CC.CC.CCN(C)CC(C)(C)C.CCN(C)CC(C)(C)C.C[Si](C)(C)C.C[Si](C)(C)C.c1ccc(-c2ccccc2)cc1.c1ccc(-c2ccccc2)cc1.c1ccc2c(c1)oc1ccccc12.c1ccc2c(c1)oc1ccccc12. The zero-order valence-corrected chi connectivity index (χ0v) is 65.3. The van der Waals surface area contributed by atoms with Gasteiger partial charge in [0, 0.05) is 50.8 Å². The summed E-state index contributed by atoms with van der Waals surface area (Å²) in [6, 6.07) is 74.0. The fourth-order valence-corrected chi connectivity index (χ4v) is 7.72. The maximum Gasteiger partial charge on any atom is 0.135 e. The molecule has 4 nitrogen and oxygen atoms in total. The third kappa shape index (κ3) is 45.9. The second kappa shape index (κ2) is 53.4. The Morgan fingerprint density at radius 2 is 0.411 bits per heavy atom. The van der Waals surface area contributed by atoms with Gasteiger partial charge in [-0.1, -0.05) is 385 Å². The van der Waals surface area contributed by atoms with E-state index in [2.05, 4.69) is 253 Å². The van der Waals surface area contributed by atoms with Crippen LogP contribution in [0.5, 0.6) is 0 Å². The van der Waals surface area contributed by atoms with E-state index in [1.807, 2.05) is 180 Å². The first-order valence-electron chi connectivity index (χ1n) is 34.0. The number of benzene rings is 8. The van der Waals surface area contributed by atoms with Crippen LogP contribution in [-0.4, -0.2) is 66.2 Å². The molecule has 10 rings (SSSR count). The molecule has 10 aromatic rings. The highest BCUT2D eigenvalue weighted by molar-refractivity contribution is 6.75. The smallest absolute Gasteiger partial charge is 0.135 e. The number of nitrogens with zero attached hydrogens (tertiary/aromatic N) is 2. The molecule has 2 aromatic heterocycles. The number of furan rings is 2. The molecule has 500 valence electrons. The van der Waals surface area contributed by atoms with E-state index in [9.17, 15) is 0 Å². The molecule has 0 aliphatic rings. The lowest BCUT2D eigenvalue weighted by atomic mass is 9.96. The molecular formula is C84H134N2O2Si2. The maximum atomic E-state index is 5.65. The van der Waals surface area contributed by atoms with Gasteiger partial charge >= 0.3 is 0 Å². The van der Waals surface area contributed by atoms with Crippen molar-refractivity contribution in [1.82, 2.24) is 9.80 Å². The quantitative estimate of drug-likeness (QED) is 0.155. The van der Waals surface area contributed by atoms with Gasteiger partial charge in [-0.3, -0.25) is 0 Å². The van der Waals surface area contributed by atoms with E-state index in [0.29, 0.717) is 10.8 Å². The van der Waals surface area contributed by atoms with E-state index in [1.54, 1.807) is 0 Å². The Morgan fingerprint density at radius 3 is 0.544 bits per heavy atom. The first-order valence-corrected chi connectivity index (χ1v) is 42.0. The van der Waals surface area contributed by atoms with Gasteiger partial charge in [0.05, 0.1) is 0 Å². The summed E-state index contributed by atoms with van der Waals surface area (Å²) in [5.74, 6) is 0. The molecule has 2 heterocycles. The second-order valence-electron chi connectivity index (χ2n) is 25.4. The van der Waals surface area contributed by atoms with Crippen LogP contribution in [-0.2, 0) is 0 Å². The zero-order valence-electron chi connectivity index (χ0n) is 63.3. The second-order valence-corrected chi connectivity index (χ2v) is 37.4. The van der Waals surface area contributed by atoms with Crippen LogP contribution in [0, 0.1) is 10.8 Å². The minimum absolute atomic E-state index is 0.449. The molecule has 0 aliphatic carbocycles. The molecule has 0 spiro atoms. The summed E-state index contributed by atoms with van der Waals surface area (Å²) in [6.45, 7) is 65.2. The van der Waals surface area contributed by atoms with Crippen molar-refractivity contribution in [3.63, 3.8) is 0 Å². The Hall–Kier alpha value is -6.29. The predicted molar refractivity (Wildman–Crippen MR) is 423 cm³/mol. The molecule has 90 heavy (non-hydrogen) atoms. The topological polar surface area (TPSA) is 32.8 Å². The van der Waals surface area contributed by atoms with Gasteiger partial charge in [-0.05, 0) is 84.5 Å². The van der Waals surface area contributed by atoms with Gasteiger partial charge in [-0.2, -0.15) is 0 Å². The third-order valence-corrected chi connectivity index (χ3v) is 10.9. The molecule has 0 saturated heterocycles. The molecule has 0 aliphatic heterocycles. The van der Waals surface area contributed by atoms with Crippen LogP contribution in [0.1, 0.15) is 138 Å². The molecule has 0 fully saturated rings. The van der Waals surface area contributed by atoms with Crippen molar-refractivity contribution in [2.45, 2.75) is 191 Å². The van der Waals surface area contributed by atoms with Crippen LogP contribution in [0.3, 0.4) is 0 Å². The highest BCUT2D eigenvalue weighted by Crippen LogP contribution is 2.29. The molecule has 6 heteroatoms. The average molecular weight is 1260 g/mol. The average Bonchev–Trinajstić information content (AvgIpc) is 1.88. The Labute approximate surface area is 558 Å². The van der Waals surface area contributed by atoms with E-state index in [4.69, 9.17) is 8.83 Å². The van der Waals surface area contributed by atoms with Gasteiger partial charge in [0.2, 0.25) is 0 Å². The molecule has 0 amide bonds. The molecule has 0 saturated carbocycles. The lowest BCUT2D eigenvalue weighted by molar-refractivity contribution is 0.236. The van der Waals surface area contributed by atoms with E-state index in [-0.39, 0.29) is 0 Å². The Kier molecular flexibility index (Phi) is 53.5. The van der Waals surface area contributed by atoms with Crippen LogP contribution in [0.25, 0.3) is 66.1 Å². The van der Waals surface area contributed by atoms with E-state index < -0.39 is 16.1 Å². The number of hydrogen-bond donors (Lipinski definition) is 0. The molecule has 0 unspecified atom stereocenters. The molecule has 0 bridgehead atoms. The van der Waals surface area contributed by atoms with Gasteiger partial charge < -0.3 is 18.6 Å². The number of para-hydroxylation sites is 4. The summed E-state index contributed by atoms with van der Waals surface area (Å²) >= 11 is 0. The Bertz CT molecular complexity index is 2720.